The average molecular weight is 272 g/mol. The zero-order valence-electron chi connectivity index (χ0n) is 12.0. The first-order chi connectivity index (χ1) is 9.85. The minimum absolute atomic E-state index is 0.181. The van der Waals surface area contributed by atoms with Crippen molar-refractivity contribution in [3.8, 4) is 0 Å². The molecule has 0 amide bonds. The quantitative estimate of drug-likeness (QED) is 0.883. The molecule has 3 nitrogen and oxygen atoms in total. The van der Waals surface area contributed by atoms with Crippen molar-refractivity contribution in [2.45, 2.75) is 49.3 Å². The number of nitrogens with one attached hydrogen (secondary N) is 2. The standard InChI is InChI=1S/C17H24N2O/c1-2-4-13(5-3-1)15-10-16(15)19-14-11-17(20-12-14)6-8-18-9-7-17/h1-5,14-16,18-19H,6-12H2/t14-,15-,16+/m0/s1. The van der Waals surface area contributed by atoms with Gasteiger partial charge in [-0.3, -0.25) is 0 Å². The Kier molecular flexibility index (Phi) is 3.29. The van der Waals surface area contributed by atoms with Crippen molar-refractivity contribution in [1.82, 2.24) is 10.6 Å². The fourth-order valence-electron chi connectivity index (χ4n) is 3.93. The molecular formula is C17H24N2O. The summed E-state index contributed by atoms with van der Waals surface area (Å²) < 4.78 is 6.16. The van der Waals surface area contributed by atoms with Crippen LogP contribution in [0.15, 0.2) is 30.3 Å². The Morgan fingerprint density at radius 1 is 1.15 bits per heavy atom. The molecule has 2 N–H and O–H groups in total. The van der Waals surface area contributed by atoms with Crippen molar-refractivity contribution in [1.29, 1.82) is 0 Å². The molecule has 108 valence electrons. The van der Waals surface area contributed by atoms with Crippen LogP contribution in [0.2, 0.25) is 0 Å². The molecule has 3 aliphatic rings. The van der Waals surface area contributed by atoms with Crippen molar-refractivity contribution in [3.63, 3.8) is 0 Å². The summed E-state index contributed by atoms with van der Waals surface area (Å²) in [6.45, 7) is 3.13. The van der Waals surface area contributed by atoms with Crippen LogP contribution in [0.1, 0.15) is 37.2 Å². The lowest BCUT2D eigenvalue weighted by Gasteiger charge is -2.32. The summed E-state index contributed by atoms with van der Waals surface area (Å²) in [4.78, 5) is 0. The first-order valence-corrected chi connectivity index (χ1v) is 8.00. The van der Waals surface area contributed by atoms with Crippen molar-refractivity contribution in [2.75, 3.05) is 19.7 Å². The van der Waals surface area contributed by atoms with Gasteiger partial charge in [0, 0.05) is 18.0 Å². The van der Waals surface area contributed by atoms with Crippen molar-refractivity contribution in [2.24, 2.45) is 0 Å². The maximum atomic E-state index is 6.16. The lowest BCUT2D eigenvalue weighted by Crippen LogP contribution is -2.42. The van der Waals surface area contributed by atoms with Crippen molar-refractivity contribution < 1.29 is 4.74 Å². The van der Waals surface area contributed by atoms with Gasteiger partial charge in [0.2, 0.25) is 0 Å². The second kappa shape index (κ2) is 5.14. The Morgan fingerprint density at radius 2 is 1.95 bits per heavy atom. The van der Waals surface area contributed by atoms with Crippen LogP contribution in [0, 0.1) is 0 Å². The van der Waals surface area contributed by atoms with Crippen LogP contribution in [-0.2, 0) is 4.74 Å². The molecule has 3 fully saturated rings. The second-order valence-electron chi connectivity index (χ2n) is 6.67. The molecule has 2 heterocycles. The molecule has 1 aromatic carbocycles. The van der Waals surface area contributed by atoms with Gasteiger partial charge in [0.15, 0.2) is 0 Å². The van der Waals surface area contributed by atoms with Crippen molar-refractivity contribution >= 4 is 0 Å². The number of rotatable bonds is 3. The van der Waals surface area contributed by atoms with Gasteiger partial charge in [-0.1, -0.05) is 30.3 Å². The molecule has 0 bridgehead atoms. The minimum Gasteiger partial charge on any atom is -0.373 e. The molecule has 20 heavy (non-hydrogen) atoms. The third-order valence-electron chi connectivity index (χ3n) is 5.19. The smallest absolute Gasteiger partial charge is 0.0723 e. The number of hydrogen-bond acceptors (Lipinski definition) is 3. The van der Waals surface area contributed by atoms with E-state index in [0.29, 0.717) is 12.1 Å². The van der Waals surface area contributed by atoms with E-state index in [1.807, 2.05) is 0 Å². The molecule has 2 aliphatic heterocycles. The molecule has 1 aliphatic carbocycles. The fourth-order valence-corrected chi connectivity index (χ4v) is 3.93. The first kappa shape index (κ1) is 12.8. The third-order valence-corrected chi connectivity index (χ3v) is 5.19. The normalized spacial score (nSPS) is 35.3. The lowest BCUT2D eigenvalue weighted by atomic mass is 9.88. The highest BCUT2D eigenvalue weighted by Crippen LogP contribution is 2.42. The van der Waals surface area contributed by atoms with Gasteiger partial charge in [0.1, 0.15) is 0 Å². The summed E-state index contributed by atoms with van der Waals surface area (Å²) in [7, 11) is 0. The van der Waals surface area contributed by atoms with E-state index in [2.05, 4.69) is 41.0 Å². The minimum atomic E-state index is 0.181. The van der Waals surface area contributed by atoms with Crippen LogP contribution in [0.4, 0.5) is 0 Å². The second-order valence-corrected chi connectivity index (χ2v) is 6.67. The zero-order valence-corrected chi connectivity index (χ0v) is 12.0. The summed E-state index contributed by atoms with van der Waals surface area (Å²) in [5, 5.41) is 7.26. The zero-order chi connectivity index (χ0) is 13.4. The van der Waals surface area contributed by atoms with Gasteiger partial charge in [0.25, 0.3) is 0 Å². The van der Waals surface area contributed by atoms with Gasteiger partial charge >= 0.3 is 0 Å². The highest BCUT2D eigenvalue weighted by Gasteiger charge is 2.45. The summed E-state index contributed by atoms with van der Waals surface area (Å²) in [6.07, 6.45) is 4.84. The molecule has 0 radical (unpaired) electrons. The maximum Gasteiger partial charge on any atom is 0.0723 e. The number of piperidine rings is 1. The molecule has 1 saturated carbocycles. The van der Waals surface area contributed by atoms with Crippen molar-refractivity contribution in [3.05, 3.63) is 35.9 Å². The predicted octanol–water partition coefficient (Wildman–Crippen LogP) is 2.04. The van der Waals surface area contributed by atoms with E-state index < -0.39 is 0 Å². The van der Waals surface area contributed by atoms with Crippen LogP contribution >= 0.6 is 0 Å². The fraction of sp³-hybridized carbons (Fsp3) is 0.647. The van der Waals surface area contributed by atoms with Crippen LogP contribution in [-0.4, -0.2) is 37.4 Å². The topological polar surface area (TPSA) is 33.3 Å². The van der Waals surface area contributed by atoms with Gasteiger partial charge in [-0.15, -0.1) is 0 Å². The lowest BCUT2D eigenvalue weighted by molar-refractivity contribution is -0.0194. The van der Waals surface area contributed by atoms with E-state index >= 15 is 0 Å². The number of benzene rings is 1. The molecular weight excluding hydrogens is 248 g/mol. The van der Waals surface area contributed by atoms with E-state index in [4.69, 9.17) is 4.74 Å². The predicted molar refractivity (Wildman–Crippen MR) is 79.9 cm³/mol. The monoisotopic (exact) mass is 272 g/mol. The highest BCUT2D eigenvalue weighted by molar-refractivity contribution is 5.27. The van der Waals surface area contributed by atoms with E-state index in [1.165, 1.54) is 31.2 Å². The maximum absolute atomic E-state index is 6.16. The Hall–Kier alpha value is -0.900. The van der Waals surface area contributed by atoms with Gasteiger partial charge in [-0.2, -0.15) is 0 Å². The van der Waals surface area contributed by atoms with Crippen LogP contribution in [0.5, 0.6) is 0 Å². The molecule has 3 atom stereocenters. The summed E-state index contributed by atoms with van der Waals surface area (Å²) in [5.41, 5.74) is 1.67. The first-order valence-electron chi connectivity index (χ1n) is 8.00. The SMILES string of the molecule is c1ccc([C@@H]2C[C@H]2N[C@@H]2COC3(CCNCC3)C2)cc1. The average Bonchev–Trinajstić information content (AvgIpc) is 3.16. The highest BCUT2D eigenvalue weighted by atomic mass is 16.5. The molecule has 0 unspecified atom stereocenters. The van der Waals surface area contributed by atoms with E-state index in [9.17, 15) is 0 Å². The number of ether oxygens (including phenoxy) is 1. The Bertz CT molecular complexity index is 455. The van der Waals surface area contributed by atoms with Gasteiger partial charge in [-0.05, 0) is 44.3 Å². The molecule has 3 heteroatoms. The van der Waals surface area contributed by atoms with E-state index in [-0.39, 0.29) is 5.60 Å². The van der Waals surface area contributed by atoms with E-state index in [1.54, 1.807) is 0 Å². The van der Waals surface area contributed by atoms with Gasteiger partial charge < -0.3 is 15.4 Å². The Morgan fingerprint density at radius 3 is 2.75 bits per heavy atom. The molecule has 0 aromatic heterocycles. The largest absolute Gasteiger partial charge is 0.373 e. The van der Waals surface area contributed by atoms with Gasteiger partial charge in [0.05, 0.1) is 12.2 Å². The Labute approximate surface area is 121 Å². The molecule has 4 rings (SSSR count). The molecule has 1 aromatic rings. The van der Waals surface area contributed by atoms with E-state index in [0.717, 1.165) is 25.6 Å². The van der Waals surface area contributed by atoms with Crippen LogP contribution in [0.25, 0.3) is 0 Å². The van der Waals surface area contributed by atoms with Crippen LogP contribution in [0.3, 0.4) is 0 Å². The summed E-state index contributed by atoms with van der Waals surface area (Å²) >= 11 is 0. The molecule has 2 saturated heterocycles. The number of hydrogen-bond donors (Lipinski definition) is 2. The Balaban J connectivity index is 1.31. The summed E-state index contributed by atoms with van der Waals surface area (Å²) in [6, 6.07) is 12.1. The summed E-state index contributed by atoms with van der Waals surface area (Å²) in [5.74, 6) is 0.723. The molecule has 1 spiro atoms. The third kappa shape index (κ3) is 2.50. The van der Waals surface area contributed by atoms with Gasteiger partial charge in [-0.25, -0.2) is 0 Å². The van der Waals surface area contributed by atoms with Crippen LogP contribution < -0.4 is 10.6 Å².